The second kappa shape index (κ2) is 9.06. The highest BCUT2D eigenvalue weighted by Crippen LogP contribution is 2.25. The number of carbonyl (C=O) groups is 2. The molecule has 0 bridgehead atoms. The second-order valence-corrected chi connectivity index (χ2v) is 7.85. The summed E-state index contributed by atoms with van der Waals surface area (Å²) in [5, 5.41) is 3.04. The predicted octanol–water partition coefficient (Wildman–Crippen LogP) is 4.83. The van der Waals surface area contributed by atoms with Gasteiger partial charge in [-0.25, -0.2) is 0 Å². The summed E-state index contributed by atoms with van der Waals surface area (Å²) in [5.41, 5.74) is 3.91. The van der Waals surface area contributed by atoms with Crippen LogP contribution in [0.3, 0.4) is 0 Å². The molecular weight excluding hydrogens is 372 g/mol. The van der Waals surface area contributed by atoms with Gasteiger partial charge in [-0.15, -0.1) is 0 Å². The summed E-state index contributed by atoms with van der Waals surface area (Å²) in [6.45, 7) is 3.60. The number of hydrogen-bond donors (Lipinski definition) is 1. The van der Waals surface area contributed by atoms with Crippen LogP contribution in [0.15, 0.2) is 78.9 Å². The smallest absolute Gasteiger partial charge is 0.241 e. The summed E-state index contributed by atoms with van der Waals surface area (Å²) in [6, 6.07) is 24.8. The molecule has 4 heteroatoms. The van der Waals surface area contributed by atoms with Crippen molar-refractivity contribution in [3.8, 4) is 0 Å². The zero-order valence-electron chi connectivity index (χ0n) is 17.2. The number of carbonyl (C=O) groups excluding carboxylic acids is 2. The topological polar surface area (TPSA) is 49.4 Å². The highest BCUT2D eigenvalue weighted by atomic mass is 16.2. The first-order valence-corrected chi connectivity index (χ1v) is 10.4. The molecule has 3 aromatic rings. The number of benzene rings is 3. The van der Waals surface area contributed by atoms with Crippen molar-refractivity contribution in [1.29, 1.82) is 0 Å². The molecule has 1 unspecified atom stereocenters. The minimum Gasteiger partial charge on any atom is -0.324 e. The molecule has 0 aliphatic carbocycles. The van der Waals surface area contributed by atoms with E-state index in [4.69, 9.17) is 0 Å². The number of rotatable bonds is 6. The van der Waals surface area contributed by atoms with Crippen LogP contribution in [0.1, 0.15) is 39.9 Å². The number of aryl methyl sites for hydroxylation is 1. The molecule has 4 rings (SSSR count). The number of ketones is 1. The SMILES string of the molecule is Cc1ccc(NC(=O)C2CCCN2Cc2ccccc2)c(C(=O)c2ccccc2)c1. The van der Waals surface area contributed by atoms with Crippen molar-refractivity contribution in [2.45, 2.75) is 32.4 Å². The third-order valence-corrected chi connectivity index (χ3v) is 5.61. The fourth-order valence-corrected chi connectivity index (χ4v) is 4.05. The molecule has 3 aromatic carbocycles. The minimum absolute atomic E-state index is 0.0469. The molecule has 0 aromatic heterocycles. The van der Waals surface area contributed by atoms with Gasteiger partial charge in [-0.1, -0.05) is 72.3 Å². The molecule has 4 nitrogen and oxygen atoms in total. The lowest BCUT2D eigenvalue weighted by Crippen LogP contribution is -2.39. The van der Waals surface area contributed by atoms with Crippen LogP contribution < -0.4 is 5.32 Å². The summed E-state index contributed by atoms with van der Waals surface area (Å²) in [7, 11) is 0. The summed E-state index contributed by atoms with van der Waals surface area (Å²) >= 11 is 0. The van der Waals surface area contributed by atoms with Crippen LogP contribution in [0.4, 0.5) is 5.69 Å². The lowest BCUT2D eigenvalue weighted by Gasteiger charge is -2.24. The molecular formula is C26H26N2O2. The molecule has 1 atom stereocenters. The number of anilines is 1. The van der Waals surface area contributed by atoms with Crippen molar-refractivity contribution in [2.24, 2.45) is 0 Å². The van der Waals surface area contributed by atoms with Gasteiger partial charge >= 0.3 is 0 Å². The third kappa shape index (κ3) is 4.50. The molecule has 152 valence electrons. The Balaban J connectivity index is 1.54. The van der Waals surface area contributed by atoms with Gasteiger partial charge in [0.15, 0.2) is 5.78 Å². The fourth-order valence-electron chi connectivity index (χ4n) is 4.05. The molecule has 1 amide bonds. The Morgan fingerprint density at radius 2 is 1.67 bits per heavy atom. The van der Waals surface area contributed by atoms with E-state index in [1.165, 1.54) is 5.56 Å². The summed E-state index contributed by atoms with van der Waals surface area (Å²) in [5.74, 6) is -0.128. The maximum absolute atomic E-state index is 13.1. The van der Waals surface area contributed by atoms with Crippen LogP contribution in [-0.2, 0) is 11.3 Å². The van der Waals surface area contributed by atoms with E-state index >= 15 is 0 Å². The van der Waals surface area contributed by atoms with Crippen molar-refractivity contribution in [3.05, 3.63) is 101 Å². The van der Waals surface area contributed by atoms with Crippen LogP contribution in [0, 0.1) is 6.92 Å². The average molecular weight is 399 g/mol. The molecule has 0 saturated carbocycles. The number of nitrogens with zero attached hydrogens (tertiary/aromatic N) is 1. The summed E-state index contributed by atoms with van der Waals surface area (Å²) in [4.78, 5) is 28.4. The number of hydrogen-bond acceptors (Lipinski definition) is 3. The zero-order valence-corrected chi connectivity index (χ0v) is 17.2. The second-order valence-electron chi connectivity index (χ2n) is 7.85. The standard InChI is InChI=1S/C26H26N2O2/c1-19-14-15-23(22(17-19)25(29)21-11-6-3-7-12-21)27-26(30)24-13-8-16-28(24)18-20-9-4-2-5-10-20/h2-7,9-12,14-15,17,24H,8,13,16,18H2,1H3,(H,27,30). The van der Waals surface area contributed by atoms with Crippen molar-refractivity contribution < 1.29 is 9.59 Å². The van der Waals surface area contributed by atoms with Crippen molar-refractivity contribution in [3.63, 3.8) is 0 Å². The first kappa shape index (κ1) is 20.0. The summed E-state index contributed by atoms with van der Waals surface area (Å²) < 4.78 is 0. The largest absolute Gasteiger partial charge is 0.324 e. The van der Waals surface area contributed by atoms with Crippen molar-refractivity contribution >= 4 is 17.4 Å². The molecule has 1 aliphatic rings. The first-order valence-electron chi connectivity index (χ1n) is 10.4. The van der Waals surface area contributed by atoms with Gasteiger partial charge in [0.25, 0.3) is 0 Å². The van der Waals surface area contributed by atoms with Gasteiger partial charge < -0.3 is 5.32 Å². The summed E-state index contributed by atoms with van der Waals surface area (Å²) in [6.07, 6.45) is 1.82. The van der Waals surface area contributed by atoms with E-state index in [2.05, 4.69) is 22.3 Å². The monoisotopic (exact) mass is 398 g/mol. The molecule has 0 radical (unpaired) electrons. The minimum atomic E-state index is -0.189. The molecule has 1 fully saturated rings. The van der Waals surface area contributed by atoms with E-state index in [9.17, 15) is 9.59 Å². The van der Waals surface area contributed by atoms with E-state index < -0.39 is 0 Å². The van der Waals surface area contributed by atoms with E-state index in [-0.39, 0.29) is 17.7 Å². The highest BCUT2D eigenvalue weighted by Gasteiger charge is 2.31. The lowest BCUT2D eigenvalue weighted by atomic mass is 9.99. The number of likely N-dealkylation sites (tertiary alicyclic amines) is 1. The quantitative estimate of drug-likeness (QED) is 0.605. The number of nitrogens with one attached hydrogen (secondary N) is 1. The van der Waals surface area contributed by atoms with E-state index in [1.54, 1.807) is 12.1 Å². The van der Waals surface area contributed by atoms with E-state index in [1.807, 2.05) is 61.5 Å². The Kier molecular flexibility index (Phi) is 6.05. The molecule has 1 heterocycles. The van der Waals surface area contributed by atoms with Gasteiger partial charge in [-0.3, -0.25) is 14.5 Å². The van der Waals surface area contributed by atoms with Gasteiger partial charge in [0.2, 0.25) is 5.91 Å². The molecule has 1 saturated heterocycles. The van der Waals surface area contributed by atoms with Crippen LogP contribution in [-0.4, -0.2) is 29.2 Å². The highest BCUT2D eigenvalue weighted by molar-refractivity contribution is 6.14. The van der Waals surface area contributed by atoms with Gasteiger partial charge in [-0.2, -0.15) is 0 Å². The maximum atomic E-state index is 13.1. The average Bonchev–Trinajstić information content (AvgIpc) is 3.24. The molecule has 0 spiro atoms. The van der Waals surface area contributed by atoms with Gasteiger partial charge in [0.1, 0.15) is 0 Å². The predicted molar refractivity (Wildman–Crippen MR) is 120 cm³/mol. The van der Waals surface area contributed by atoms with Crippen molar-refractivity contribution in [2.75, 3.05) is 11.9 Å². The Morgan fingerprint density at radius 1 is 0.967 bits per heavy atom. The zero-order chi connectivity index (χ0) is 20.9. The Bertz CT molecular complexity index is 1030. The van der Waals surface area contributed by atoms with Crippen molar-refractivity contribution in [1.82, 2.24) is 4.90 Å². The molecule has 1 aliphatic heterocycles. The van der Waals surface area contributed by atoms with Crippen LogP contribution in [0.2, 0.25) is 0 Å². The van der Waals surface area contributed by atoms with E-state index in [0.717, 1.165) is 31.5 Å². The normalized spacial score (nSPS) is 16.4. The molecule has 1 N–H and O–H groups in total. The Labute approximate surface area is 177 Å². The van der Waals surface area contributed by atoms with Gasteiger partial charge in [0, 0.05) is 17.7 Å². The third-order valence-electron chi connectivity index (χ3n) is 5.61. The van der Waals surface area contributed by atoms with Gasteiger partial charge in [-0.05, 0) is 44.0 Å². The van der Waals surface area contributed by atoms with Crippen LogP contribution >= 0.6 is 0 Å². The Morgan fingerprint density at radius 3 is 2.40 bits per heavy atom. The first-order chi connectivity index (χ1) is 14.6. The van der Waals surface area contributed by atoms with Gasteiger partial charge in [0.05, 0.1) is 11.7 Å². The fraction of sp³-hybridized carbons (Fsp3) is 0.231. The van der Waals surface area contributed by atoms with E-state index in [0.29, 0.717) is 16.8 Å². The number of amides is 1. The lowest BCUT2D eigenvalue weighted by molar-refractivity contribution is -0.120. The van der Waals surface area contributed by atoms with Crippen LogP contribution in [0.5, 0.6) is 0 Å². The Hall–Kier alpha value is -3.24. The molecule has 30 heavy (non-hydrogen) atoms. The maximum Gasteiger partial charge on any atom is 0.241 e. The van der Waals surface area contributed by atoms with Crippen LogP contribution in [0.25, 0.3) is 0 Å².